The summed E-state index contributed by atoms with van der Waals surface area (Å²) in [5.41, 5.74) is 0.0452. The molecule has 2 heterocycles. The number of hydrogen-bond donors (Lipinski definition) is 1. The van der Waals surface area contributed by atoms with Crippen molar-refractivity contribution in [3.05, 3.63) is 54.0 Å². The lowest BCUT2D eigenvalue weighted by Gasteiger charge is -2.33. The Hall–Kier alpha value is -3.82. The standard InChI is InChI=1S/C26H33N3O7/c1-26(2,3)36-25(33)29-13-7-9-18(16-29)24(32)35-17-22(30)28(4)21-12-6-5-11-20(21)23(31)27-15-19-10-8-14-34-19/h5-6,8,10-12,14,18H,7,9,13,15-17H2,1-4H3,(H,27,31). The van der Waals surface area contributed by atoms with Gasteiger partial charge in [-0.2, -0.15) is 0 Å². The number of rotatable bonds is 7. The predicted octanol–water partition coefficient (Wildman–Crippen LogP) is 3.36. The van der Waals surface area contributed by atoms with Crippen LogP contribution in [0.3, 0.4) is 0 Å². The number of hydrogen-bond acceptors (Lipinski definition) is 7. The maximum Gasteiger partial charge on any atom is 0.410 e. The molecule has 1 N–H and O–H groups in total. The number of piperidine rings is 1. The summed E-state index contributed by atoms with van der Waals surface area (Å²) in [5, 5.41) is 2.76. The van der Waals surface area contributed by atoms with E-state index in [4.69, 9.17) is 13.9 Å². The Morgan fingerprint density at radius 1 is 1.14 bits per heavy atom. The fraction of sp³-hybridized carbons (Fsp3) is 0.462. The Morgan fingerprint density at radius 3 is 2.58 bits per heavy atom. The first-order chi connectivity index (χ1) is 17.0. The molecule has 0 radical (unpaired) electrons. The minimum atomic E-state index is -0.631. The smallest absolute Gasteiger partial charge is 0.410 e. The van der Waals surface area contributed by atoms with Crippen LogP contribution in [0.5, 0.6) is 0 Å². The van der Waals surface area contributed by atoms with Crippen molar-refractivity contribution in [1.29, 1.82) is 0 Å². The number of anilines is 1. The third-order valence-corrected chi connectivity index (χ3v) is 5.63. The average molecular weight is 500 g/mol. The van der Waals surface area contributed by atoms with Crippen molar-refractivity contribution in [1.82, 2.24) is 10.2 Å². The van der Waals surface area contributed by atoms with Crippen molar-refractivity contribution in [2.45, 2.75) is 45.8 Å². The van der Waals surface area contributed by atoms with Crippen LogP contribution in [0, 0.1) is 5.92 Å². The number of furan rings is 1. The third-order valence-electron chi connectivity index (χ3n) is 5.63. The highest BCUT2D eigenvalue weighted by Crippen LogP contribution is 2.22. The summed E-state index contributed by atoms with van der Waals surface area (Å²) >= 11 is 0. The van der Waals surface area contributed by atoms with E-state index in [1.165, 1.54) is 23.1 Å². The fourth-order valence-electron chi connectivity index (χ4n) is 3.78. The molecule has 0 bridgehead atoms. The zero-order valence-corrected chi connectivity index (χ0v) is 21.1. The second kappa shape index (κ2) is 11.7. The number of nitrogens with one attached hydrogen (secondary N) is 1. The number of likely N-dealkylation sites (tertiary alicyclic amines) is 1. The maximum atomic E-state index is 12.8. The zero-order valence-electron chi connectivity index (χ0n) is 21.1. The number of benzene rings is 1. The van der Waals surface area contributed by atoms with Crippen molar-refractivity contribution in [3.8, 4) is 0 Å². The van der Waals surface area contributed by atoms with Crippen LogP contribution in [-0.2, 0) is 25.6 Å². The van der Waals surface area contributed by atoms with E-state index in [0.29, 0.717) is 36.4 Å². The van der Waals surface area contributed by atoms with E-state index in [0.717, 1.165) is 0 Å². The van der Waals surface area contributed by atoms with E-state index in [-0.39, 0.29) is 19.0 Å². The molecule has 2 aromatic rings. The lowest BCUT2D eigenvalue weighted by atomic mass is 9.98. The number of carbonyl (C=O) groups is 4. The molecule has 0 spiro atoms. The fourth-order valence-corrected chi connectivity index (χ4v) is 3.78. The number of esters is 1. The van der Waals surface area contributed by atoms with Gasteiger partial charge in [-0.15, -0.1) is 0 Å². The molecule has 0 saturated carbocycles. The quantitative estimate of drug-likeness (QED) is 0.580. The summed E-state index contributed by atoms with van der Waals surface area (Å²) in [6, 6.07) is 10.1. The molecule has 194 valence electrons. The second-order valence-electron chi connectivity index (χ2n) is 9.61. The van der Waals surface area contributed by atoms with Gasteiger partial charge in [0.25, 0.3) is 11.8 Å². The van der Waals surface area contributed by atoms with Gasteiger partial charge in [-0.25, -0.2) is 4.79 Å². The summed E-state index contributed by atoms with van der Waals surface area (Å²) in [6.45, 7) is 5.74. The van der Waals surface area contributed by atoms with Crippen LogP contribution in [0.4, 0.5) is 10.5 Å². The largest absolute Gasteiger partial charge is 0.467 e. The molecule has 0 aliphatic carbocycles. The van der Waals surface area contributed by atoms with Crippen molar-refractivity contribution in [2.24, 2.45) is 5.92 Å². The Labute approximate surface area is 210 Å². The SMILES string of the molecule is CN(C(=O)COC(=O)C1CCCN(C(=O)OC(C)(C)C)C1)c1ccccc1C(=O)NCc1ccco1. The summed E-state index contributed by atoms with van der Waals surface area (Å²) < 4.78 is 15.9. The Balaban J connectivity index is 1.55. The topological polar surface area (TPSA) is 118 Å². The van der Waals surface area contributed by atoms with Gasteiger partial charge in [0, 0.05) is 20.1 Å². The Bertz CT molecular complexity index is 1080. The normalized spacial score (nSPS) is 15.7. The van der Waals surface area contributed by atoms with Gasteiger partial charge in [0.1, 0.15) is 11.4 Å². The van der Waals surface area contributed by atoms with Gasteiger partial charge in [-0.3, -0.25) is 14.4 Å². The molecule has 1 fully saturated rings. The van der Waals surface area contributed by atoms with Gasteiger partial charge in [-0.1, -0.05) is 12.1 Å². The van der Waals surface area contributed by atoms with Crippen LogP contribution in [0.2, 0.25) is 0 Å². The molecule has 1 atom stereocenters. The average Bonchev–Trinajstić information content (AvgIpc) is 3.38. The molecular formula is C26H33N3O7. The van der Waals surface area contributed by atoms with Crippen LogP contribution < -0.4 is 10.2 Å². The van der Waals surface area contributed by atoms with E-state index in [9.17, 15) is 19.2 Å². The van der Waals surface area contributed by atoms with Crippen LogP contribution in [0.1, 0.15) is 49.7 Å². The highest BCUT2D eigenvalue weighted by Gasteiger charge is 2.32. The molecule has 1 aromatic heterocycles. The minimum absolute atomic E-state index is 0.177. The highest BCUT2D eigenvalue weighted by molar-refractivity contribution is 6.05. The number of carbonyl (C=O) groups excluding carboxylic acids is 4. The van der Waals surface area contributed by atoms with Gasteiger partial charge < -0.3 is 29.0 Å². The summed E-state index contributed by atoms with van der Waals surface area (Å²) in [6.07, 6.45) is 2.23. The number of amides is 3. The summed E-state index contributed by atoms with van der Waals surface area (Å²) in [7, 11) is 1.51. The van der Waals surface area contributed by atoms with Crippen LogP contribution in [0.25, 0.3) is 0 Å². The molecule has 3 amide bonds. The highest BCUT2D eigenvalue weighted by atomic mass is 16.6. The van der Waals surface area contributed by atoms with Crippen LogP contribution >= 0.6 is 0 Å². The molecular weight excluding hydrogens is 466 g/mol. The van der Waals surface area contributed by atoms with Gasteiger partial charge in [0.05, 0.1) is 30.0 Å². The molecule has 10 nitrogen and oxygen atoms in total. The summed E-state index contributed by atoms with van der Waals surface area (Å²) in [5.74, 6) is -1.35. The van der Waals surface area contributed by atoms with Crippen molar-refractivity contribution in [2.75, 3.05) is 31.6 Å². The summed E-state index contributed by atoms with van der Waals surface area (Å²) in [4.78, 5) is 53.3. The van der Waals surface area contributed by atoms with Gasteiger partial charge in [0.15, 0.2) is 6.61 Å². The first-order valence-electron chi connectivity index (χ1n) is 11.9. The maximum absolute atomic E-state index is 12.8. The first kappa shape index (κ1) is 26.8. The zero-order chi connectivity index (χ0) is 26.3. The Morgan fingerprint density at radius 2 is 1.89 bits per heavy atom. The molecule has 1 unspecified atom stereocenters. The van der Waals surface area contributed by atoms with Gasteiger partial charge in [-0.05, 0) is 57.9 Å². The van der Waals surface area contributed by atoms with E-state index < -0.39 is 36.1 Å². The molecule has 1 saturated heterocycles. The van der Waals surface area contributed by atoms with Gasteiger partial charge in [0.2, 0.25) is 0 Å². The van der Waals surface area contributed by atoms with E-state index >= 15 is 0 Å². The van der Waals surface area contributed by atoms with Gasteiger partial charge >= 0.3 is 12.1 Å². The predicted molar refractivity (Wildman–Crippen MR) is 131 cm³/mol. The monoisotopic (exact) mass is 499 g/mol. The lowest BCUT2D eigenvalue weighted by Crippen LogP contribution is -2.45. The molecule has 36 heavy (non-hydrogen) atoms. The minimum Gasteiger partial charge on any atom is -0.467 e. The number of likely N-dealkylation sites (N-methyl/N-ethyl adjacent to an activating group) is 1. The number of ether oxygens (including phenoxy) is 2. The van der Waals surface area contributed by atoms with E-state index in [1.54, 1.807) is 57.2 Å². The van der Waals surface area contributed by atoms with E-state index in [2.05, 4.69) is 5.32 Å². The molecule has 3 rings (SSSR count). The third kappa shape index (κ3) is 7.34. The molecule has 1 aliphatic heterocycles. The first-order valence-corrected chi connectivity index (χ1v) is 11.9. The second-order valence-corrected chi connectivity index (χ2v) is 9.61. The van der Waals surface area contributed by atoms with Crippen LogP contribution in [-0.4, -0.2) is 61.1 Å². The Kier molecular flexibility index (Phi) is 8.73. The number of nitrogens with zero attached hydrogens (tertiary/aromatic N) is 2. The van der Waals surface area contributed by atoms with E-state index in [1.807, 2.05) is 0 Å². The van der Waals surface area contributed by atoms with Crippen LogP contribution in [0.15, 0.2) is 47.1 Å². The number of para-hydroxylation sites is 1. The van der Waals surface area contributed by atoms with Crippen molar-refractivity contribution in [3.63, 3.8) is 0 Å². The molecule has 1 aliphatic rings. The molecule has 10 heteroatoms. The molecule has 1 aromatic carbocycles. The van der Waals surface area contributed by atoms with Crippen molar-refractivity contribution >= 4 is 29.6 Å². The van der Waals surface area contributed by atoms with Crippen molar-refractivity contribution < 1.29 is 33.1 Å². The lowest BCUT2D eigenvalue weighted by molar-refractivity contribution is -0.153.